The monoisotopic (exact) mass is 733 g/mol. The quantitative estimate of drug-likeness (QED) is 0.0355. The highest BCUT2D eigenvalue weighted by Crippen LogP contribution is 2.14. The first-order valence-corrected chi connectivity index (χ1v) is 22.9. The van der Waals surface area contributed by atoms with E-state index in [2.05, 4.69) is 45.1 Å². The summed E-state index contributed by atoms with van der Waals surface area (Å²) in [6.45, 7) is 7.76. The molecular formula is C47H88O5. The molecule has 0 aliphatic heterocycles. The molecule has 0 aliphatic rings. The third-order valence-electron chi connectivity index (χ3n) is 9.96. The van der Waals surface area contributed by atoms with Gasteiger partial charge in [0.25, 0.3) is 0 Å². The van der Waals surface area contributed by atoms with Gasteiger partial charge in [-0.25, -0.2) is 0 Å². The molecular weight excluding hydrogens is 645 g/mol. The van der Waals surface area contributed by atoms with Gasteiger partial charge in [0.2, 0.25) is 0 Å². The van der Waals surface area contributed by atoms with Crippen molar-refractivity contribution in [3.63, 3.8) is 0 Å². The van der Waals surface area contributed by atoms with Crippen molar-refractivity contribution >= 4 is 11.9 Å². The van der Waals surface area contributed by atoms with Gasteiger partial charge in [0.1, 0.15) is 6.61 Å². The molecule has 0 aromatic heterocycles. The number of carbonyl (C=O) groups is 2. The van der Waals surface area contributed by atoms with Crippen LogP contribution in [0.3, 0.4) is 0 Å². The number of hydrogen-bond acceptors (Lipinski definition) is 5. The van der Waals surface area contributed by atoms with Crippen LogP contribution in [0.2, 0.25) is 0 Å². The second-order valence-corrected chi connectivity index (χ2v) is 15.3. The Hall–Kier alpha value is -1.62. The van der Waals surface area contributed by atoms with Gasteiger partial charge >= 0.3 is 11.9 Å². The van der Waals surface area contributed by atoms with Gasteiger partial charge in [-0.15, -0.1) is 0 Å². The van der Waals surface area contributed by atoms with E-state index < -0.39 is 6.10 Å². The number of esters is 2. The van der Waals surface area contributed by atoms with Crippen LogP contribution < -0.4 is 0 Å². The van der Waals surface area contributed by atoms with Crippen molar-refractivity contribution in [2.45, 2.75) is 245 Å². The fourth-order valence-corrected chi connectivity index (χ4v) is 6.48. The molecule has 0 bridgehead atoms. The van der Waals surface area contributed by atoms with Gasteiger partial charge in [-0.05, 0) is 64.2 Å². The van der Waals surface area contributed by atoms with Crippen LogP contribution in [0.25, 0.3) is 0 Å². The average Bonchev–Trinajstić information content (AvgIpc) is 3.14. The molecule has 0 saturated carbocycles. The maximum atomic E-state index is 12.6. The minimum atomic E-state index is -0.530. The number of allylic oxidation sites excluding steroid dienone is 4. The molecule has 0 aromatic carbocycles. The molecule has 5 heteroatoms. The standard InChI is InChI=1S/C47H88O5/c1-4-7-10-13-16-18-20-21-22-23-24-25-26-27-29-30-32-34-37-40-46(48)51-44-45(43-50-42-39-36-15-12-9-6-3)52-47(49)41-38-35-33-31-28-19-17-14-11-8-5-2/h14,17,21-22,45H,4-13,15-16,18-20,23-44H2,1-3H3/b17-14-,22-21-. The van der Waals surface area contributed by atoms with Crippen molar-refractivity contribution in [3.8, 4) is 0 Å². The molecule has 1 atom stereocenters. The molecule has 0 rings (SSSR count). The Morgan fingerprint density at radius 2 is 0.769 bits per heavy atom. The summed E-state index contributed by atoms with van der Waals surface area (Å²) in [4.78, 5) is 25.1. The highest BCUT2D eigenvalue weighted by molar-refractivity contribution is 5.70. The van der Waals surface area contributed by atoms with Gasteiger partial charge in [-0.2, -0.15) is 0 Å². The highest BCUT2D eigenvalue weighted by Gasteiger charge is 2.17. The molecule has 0 aromatic rings. The van der Waals surface area contributed by atoms with Gasteiger partial charge in [0.15, 0.2) is 6.10 Å². The molecule has 1 unspecified atom stereocenters. The van der Waals surface area contributed by atoms with Gasteiger partial charge in [-0.1, -0.05) is 186 Å². The van der Waals surface area contributed by atoms with E-state index in [0.717, 1.165) is 51.4 Å². The van der Waals surface area contributed by atoms with E-state index in [1.807, 2.05) is 0 Å². The Morgan fingerprint density at radius 1 is 0.404 bits per heavy atom. The lowest BCUT2D eigenvalue weighted by molar-refractivity contribution is -0.163. The van der Waals surface area contributed by atoms with Crippen molar-refractivity contribution < 1.29 is 23.8 Å². The van der Waals surface area contributed by atoms with Crippen LogP contribution in [-0.2, 0) is 23.8 Å². The fourth-order valence-electron chi connectivity index (χ4n) is 6.48. The third kappa shape index (κ3) is 41.1. The summed E-state index contributed by atoms with van der Waals surface area (Å²) in [7, 11) is 0. The Bertz CT molecular complexity index is 791. The van der Waals surface area contributed by atoms with E-state index in [4.69, 9.17) is 14.2 Å². The van der Waals surface area contributed by atoms with Crippen LogP contribution in [0.1, 0.15) is 239 Å². The summed E-state index contributed by atoms with van der Waals surface area (Å²) in [5, 5.41) is 0. The Balaban J connectivity index is 4.04. The minimum Gasteiger partial charge on any atom is -0.462 e. The number of unbranched alkanes of at least 4 members (excludes halogenated alkanes) is 27. The van der Waals surface area contributed by atoms with Crippen molar-refractivity contribution in [3.05, 3.63) is 24.3 Å². The number of hydrogen-bond donors (Lipinski definition) is 0. The van der Waals surface area contributed by atoms with Gasteiger partial charge in [0.05, 0.1) is 6.61 Å². The summed E-state index contributed by atoms with van der Waals surface area (Å²) in [6, 6.07) is 0. The lowest BCUT2D eigenvalue weighted by Gasteiger charge is -2.18. The second kappa shape index (κ2) is 43.8. The van der Waals surface area contributed by atoms with E-state index in [9.17, 15) is 9.59 Å². The van der Waals surface area contributed by atoms with Crippen molar-refractivity contribution in [2.24, 2.45) is 0 Å². The predicted molar refractivity (Wildman–Crippen MR) is 224 cm³/mol. The van der Waals surface area contributed by atoms with Crippen LogP contribution >= 0.6 is 0 Å². The molecule has 0 saturated heterocycles. The lowest BCUT2D eigenvalue weighted by Crippen LogP contribution is -2.30. The zero-order valence-corrected chi connectivity index (χ0v) is 35.1. The van der Waals surface area contributed by atoms with Crippen molar-refractivity contribution in [1.29, 1.82) is 0 Å². The molecule has 0 amide bonds. The van der Waals surface area contributed by atoms with E-state index >= 15 is 0 Å². The molecule has 52 heavy (non-hydrogen) atoms. The minimum absolute atomic E-state index is 0.0851. The molecule has 5 nitrogen and oxygen atoms in total. The molecule has 0 N–H and O–H groups in total. The van der Waals surface area contributed by atoms with Crippen molar-refractivity contribution in [1.82, 2.24) is 0 Å². The predicted octanol–water partition coefficient (Wildman–Crippen LogP) is 14.9. The average molecular weight is 733 g/mol. The first-order chi connectivity index (χ1) is 25.6. The second-order valence-electron chi connectivity index (χ2n) is 15.3. The fraction of sp³-hybridized carbons (Fsp3) is 0.872. The molecule has 0 spiro atoms. The van der Waals surface area contributed by atoms with Crippen molar-refractivity contribution in [2.75, 3.05) is 19.8 Å². The lowest BCUT2D eigenvalue weighted by atomic mass is 10.1. The largest absolute Gasteiger partial charge is 0.462 e. The summed E-state index contributed by atoms with van der Waals surface area (Å²) in [5.41, 5.74) is 0. The van der Waals surface area contributed by atoms with Crippen LogP contribution in [0.15, 0.2) is 24.3 Å². The Morgan fingerprint density at radius 3 is 1.23 bits per heavy atom. The zero-order chi connectivity index (χ0) is 37.8. The third-order valence-corrected chi connectivity index (χ3v) is 9.96. The number of carbonyl (C=O) groups excluding carboxylic acids is 2. The Labute approximate surface area is 324 Å². The zero-order valence-electron chi connectivity index (χ0n) is 35.1. The molecule has 306 valence electrons. The van der Waals surface area contributed by atoms with Crippen LogP contribution in [0.5, 0.6) is 0 Å². The summed E-state index contributed by atoms with van der Waals surface area (Å²) in [6.07, 6.45) is 49.0. The smallest absolute Gasteiger partial charge is 0.306 e. The topological polar surface area (TPSA) is 61.8 Å². The van der Waals surface area contributed by atoms with E-state index in [1.54, 1.807) is 0 Å². The maximum absolute atomic E-state index is 12.6. The highest BCUT2D eigenvalue weighted by atomic mass is 16.6. The van der Waals surface area contributed by atoms with E-state index in [-0.39, 0.29) is 25.2 Å². The molecule has 0 heterocycles. The van der Waals surface area contributed by atoms with E-state index in [1.165, 1.54) is 154 Å². The first-order valence-electron chi connectivity index (χ1n) is 22.9. The molecule has 0 aliphatic carbocycles. The molecule has 0 radical (unpaired) electrons. The summed E-state index contributed by atoms with van der Waals surface area (Å²) >= 11 is 0. The maximum Gasteiger partial charge on any atom is 0.306 e. The van der Waals surface area contributed by atoms with Gasteiger partial charge in [0, 0.05) is 19.4 Å². The van der Waals surface area contributed by atoms with E-state index in [0.29, 0.717) is 19.4 Å². The molecule has 0 fully saturated rings. The SMILES string of the molecule is CCCC/C=C\CCCCCCCC(=O)OC(COCCCCCCCC)COC(=O)CCCCCCCCCCC/C=C\CCCCCCCC. The van der Waals surface area contributed by atoms with Gasteiger partial charge in [-0.3, -0.25) is 9.59 Å². The summed E-state index contributed by atoms with van der Waals surface area (Å²) < 4.78 is 17.2. The normalized spacial score (nSPS) is 12.3. The summed E-state index contributed by atoms with van der Waals surface area (Å²) in [5.74, 6) is -0.406. The first kappa shape index (κ1) is 50.4. The number of rotatable bonds is 42. The Kier molecular flexibility index (Phi) is 42.4. The van der Waals surface area contributed by atoms with Crippen LogP contribution in [0.4, 0.5) is 0 Å². The van der Waals surface area contributed by atoms with Crippen LogP contribution in [-0.4, -0.2) is 37.9 Å². The number of ether oxygens (including phenoxy) is 3. The van der Waals surface area contributed by atoms with Crippen LogP contribution in [0, 0.1) is 0 Å². The van der Waals surface area contributed by atoms with Gasteiger partial charge < -0.3 is 14.2 Å².